The van der Waals surface area contributed by atoms with Gasteiger partial charge in [-0.15, -0.1) is 12.4 Å². The molecule has 0 radical (unpaired) electrons. The monoisotopic (exact) mass is 192 g/mol. The fraction of sp³-hybridized carbons (Fsp3) is 0.625. The van der Waals surface area contributed by atoms with Crippen LogP contribution in [-0.4, -0.2) is 30.4 Å². The summed E-state index contributed by atoms with van der Waals surface area (Å²) in [5.74, 6) is 0.0421. The first-order chi connectivity index (χ1) is 5.26. The van der Waals surface area contributed by atoms with E-state index in [1.807, 2.05) is 13.8 Å². The predicted molar refractivity (Wildman–Crippen MR) is 53.4 cm³/mol. The number of hydrogen-bond donors (Lipinski definition) is 1. The maximum atomic E-state index is 11.1. The van der Waals surface area contributed by atoms with Gasteiger partial charge < -0.3 is 10.6 Å². The van der Waals surface area contributed by atoms with Crippen molar-refractivity contribution in [3.8, 4) is 0 Å². The van der Waals surface area contributed by atoms with Gasteiger partial charge in [0.05, 0.1) is 0 Å². The molecule has 0 unspecified atom stereocenters. The van der Waals surface area contributed by atoms with Gasteiger partial charge in [-0.1, -0.05) is 6.08 Å². The lowest BCUT2D eigenvalue weighted by Crippen LogP contribution is -2.28. The van der Waals surface area contributed by atoms with E-state index in [9.17, 15) is 4.79 Å². The Balaban J connectivity index is 0. The molecule has 12 heavy (non-hydrogen) atoms. The van der Waals surface area contributed by atoms with Crippen LogP contribution in [0.15, 0.2) is 12.2 Å². The first kappa shape index (κ1) is 14.0. The van der Waals surface area contributed by atoms with Crippen molar-refractivity contribution >= 4 is 18.3 Å². The Morgan fingerprint density at radius 1 is 1.42 bits per heavy atom. The van der Waals surface area contributed by atoms with Crippen LogP contribution in [0.25, 0.3) is 0 Å². The van der Waals surface area contributed by atoms with E-state index in [2.05, 4.69) is 0 Å². The molecule has 0 aliphatic heterocycles. The number of likely N-dealkylation sites (N-methyl/N-ethyl adjacent to an activating group) is 1. The van der Waals surface area contributed by atoms with E-state index in [4.69, 9.17) is 5.73 Å². The van der Waals surface area contributed by atoms with Crippen molar-refractivity contribution in [3.63, 3.8) is 0 Å². The second-order valence-corrected chi connectivity index (χ2v) is 2.15. The fourth-order valence-corrected chi connectivity index (χ4v) is 0.810. The van der Waals surface area contributed by atoms with Gasteiger partial charge in [0.25, 0.3) is 0 Å². The topological polar surface area (TPSA) is 46.3 Å². The maximum Gasteiger partial charge on any atom is 0.246 e. The highest BCUT2D eigenvalue weighted by atomic mass is 35.5. The van der Waals surface area contributed by atoms with Crippen molar-refractivity contribution in [3.05, 3.63) is 12.2 Å². The summed E-state index contributed by atoms with van der Waals surface area (Å²) in [6, 6.07) is 0. The zero-order valence-electron chi connectivity index (χ0n) is 7.62. The van der Waals surface area contributed by atoms with E-state index in [-0.39, 0.29) is 18.3 Å². The molecule has 72 valence electrons. The highest BCUT2D eigenvalue weighted by molar-refractivity contribution is 5.87. The minimum absolute atomic E-state index is 0. The summed E-state index contributed by atoms with van der Waals surface area (Å²) >= 11 is 0. The predicted octanol–water partition coefficient (Wildman–Crippen LogP) is 0.791. The SMILES string of the molecule is CCN(CC)C(=O)/C=C/CN.Cl. The lowest BCUT2D eigenvalue weighted by atomic mass is 10.4. The van der Waals surface area contributed by atoms with E-state index < -0.39 is 0 Å². The average Bonchev–Trinajstić information content (AvgIpc) is 2.03. The van der Waals surface area contributed by atoms with E-state index in [0.717, 1.165) is 13.1 Å². The van der Waals surface area contributed by atoms with Crippen LogP contribution in [0.2, 0.25) is 0 Å². The van der Waals surface area contributed by atoms with Crippen LogP contribution in [0.1, 0.15) is 13.8 Å². The van der Waals surface area contributed by atoms with E-state index in [1.165, 1.54) is 6.08 Å². The van der Waals surface area contributed by atoms with Crippen LogP contribution in [0.4, 0.5) is 0 Å². The molecule has 1 amide bonds. The van der Waals surface area contributed by atoms with Gasteiger partial charge in [-0.2, -0.15) is 0 Å². The Labute approximate surface area is 80.0 Å². The Hall–Kier alpha value is -0.540. The minimum Gasteiger partial charge on any atom is -0.340 e. The van der Waals surface area contributed by atoms with Crippen molar-refractivity contribution in [1.29, 1.82) is 0 Å². The number of amides is 1. The Morgan fingerprint density at radius 3 is 2.25 bits per heavy atom. The van der Waals surface area contributed by atoms with Crippen molar-refractivity contribution in [2.75, 3.05) is 19.6 Å². The molecule has 0 saturated heterocycles. The number of hydrogen-bond acceptors (Lipinski definition) is 2. The summed E-state index contributed by atoms with van der Waals surface area (Å²) < 4.78 is 0. The number of halogens is 1. The third-order valence-electron chi connectivity index (χ3n) is 1.47. The molecule has 0 aliphatic carbocycles. The van der Waals surface area contributed by atoms with E-state index >= 15 is 0 Å². The van der Waals surface area contributed by atoms with Gasteiger partial charge in [-0.05, 0) is 13.8 Å². The largest absolute Gasteiger partial charge is 0.340 e. The van der Waals surface area contributed by atoms with Crippen LogP contribution >= 0.6 is 12.4 Å². The lowest BCUT2D eigenvalue weighted by molar-refractivity contribution is -0.125. The zero-order chi connectivity index (χ0) is 8.69. The molecule has 4 heteroatoms. The molecule has 0 fully saturated rings. The molecular formula is C8H17ClN2O. The normalized spacial score (nSPS) is 9.58. The first-order valence-corrected chi connectivity index (χ1v) is 3.91. The van der Waals surface area contributed by atoms with Gasteiger partial charge in [0, 0.05) is 25.7 Å². The van der Waals surface area contributed by atoms with Gasteiger partial charge in [0.15, 0.2) is 0 Å². The Bertz CT molecular complexity index is 144. The first-order valence-electron chi connectivity index (χ1n) is 3.91. The van der Waals surface area contributed by atoms with Crippen LogP contribution in [0, 0.1) is 0 Å². The molecule has 0 saturated carbocycles. The van der Waals surface area contributed by atoms with Crippen LogP contribution < -0.4 is 5.73 Å². The second-order valence-electron chi connectivity index (χ2n) is 2.15. The maximum absolute atomic E-state index is 11.1. The van der Waals surface area contributed by atoms with Gasteiger partial charge >= 0.3 is 0 Å². The summed E-state index contributed by atoms with van der Waals surface area (Å²) in [6.07, 6.45) is 3.19. The molecule has 0 aliphatic rings. The molecule has 0 rings (SSSR count). The van der Waals surface area contributed by atoms with Gasteiger partial charge in [-0.3, -0.25) is 4.79 Å². The average molecular weight is 193 g/mol. The number of nitrogens with zero attached hydrogens (tertiary/aromatic N) is 1. The molecule has 0 atom stereocenters. The smallest absolute Gasteiger partial charge is 0.246 e. The van der Waals surface area contributed by atoms with Gasteiger partial charge in [0.2, 0.25) is 5.91 Å². The van der Waals surface area contributed by atoms with Crippen molar-refractivity contribution in [2.45, 2.75) is 13.8 Å². The number of nitrogens with two attached hydrogens (primary N) is 1. The summed E-state index contributed by atoms with van der Waals surface area (Å²) in [4.78, 5) is 12.9. The lowest BCUT2D eigenvalue weighted by Gasteiger charge is -2.15. The molecular weight excluding hydrogens is 176 g/mol. The van der Waals surface area contributed by atoms with E-state index in [0.29, 0.717) is 6.54 Å². The summed E-state index contributed by atoms with van der Waals surface area (Å²) in [7, 11) is 0. The Morgan fingerprint density at radius 2 is 1.92 bits per heavy atom. The van der Waals surface area contributed by atoms with Gasteiger partial charge in [-0.25, -0.2) is 0 Å². The summed E-state index contributed by atoms with van der Waals surface area (Å²) in [6.45, 7) is 5.84. The zero-order valence-corrected chi connectivity index (χ0v) is 8.43. The molecule has 0 aromatic rings. The van der Waals surface area contributed by atoms with Crippen molar-refractivity contribution in [1.82, 2.24) is 4.90 Å². The summed E-state index contributed by atoms with van der Waals surface area (Å²) in [5, 5.41) is 0. The quantitative estimate of drug-likeness (QED) is 0.670. The molecule has 0 bridgehead atoms. The highest BCUT2D eigenvalue weighted by Crippen LogP contribution is 1.89. The van der Waals surface area contributed by atoms with Crippen LogP contribution in [0.5, 0.6) is 0 Å². The van der Waals surface area contributed by atoms with Gasteiger partial charge in [0.1, 0.15) is 0 Å². The number of rotatable bonds is 4. The highest BCUT2D eigenvalue weighted by Gasteiger charge is 2.02. The minimum atomic E-state index is 0. The van der Waals surface area contributed by atoms with Crippen molar-refractivity contribution < 1.29 is 4.79 Å². The van der Waals surface area contributed by atoms with E-state index in [1.54, 1.807) is 11.0 Å². The molecule has 3 nitrogen and oxygen atoms in total. The number of carbonyl (C=O) groups excluding carboxylic acids is 1. The second kappa shape index (κ2) is 8.56. The molecule has 0 spiro atoms. The molecule has 0 aromatic heterocycles. The standard InChI is InChI=1S/C8H16N2O.ClH/c1-3-10(4-2)8(11)6-5-7-9;/h5-6H,3-4,7,9H2,1-2H3;1H/b6-5+;. The number of carbonyl (C=O) groups is 1. The van der Waals surface area contributed by atoms with Crippen molar-refractivity contribution in [2.24, 2.45) is 5.73 Å². The van der Waals surface area contributed by atoms with Crippen LogP contribution in [-0.2, 0) is 4.79 Å². The van der Waals surface area contributed by atoms with Crippen LogP contribution in [0.3, 0.4) is 0 Å². The third-order valence-corrected chi connectivity index (χ3v) is 1.47. The fourth-order valence-electron chi connectivity index (χ4n) is 0.810. The molecule has 0 heterocycles. The molecule has 2 N–H and O–H groups in total. The Kier molecular flexibility index (Phi) is 9.99. The molecule has 0 aromatic carbocycles. The summed E-state index contributed by atoms with van der Waals surface area (Å²) in [5.41, 5.74) is 5.20. The third kappa shape index (κ3) is 5.16.